The first-order valence-electron chi connectivity index (χ1n) is 6.58. The number of amides is 1. The molecule has 1 rings (SSSR count). The van der Waals surface area contributed by atoms with Gasteiger partial charge in [0.1, 0.15) is 0 Å². The molecule has 1 amide bonds. The monoisotopic (exact) mass is 248 g/mol. The van der Waals surface area contributed by atoms with E-state index in [4.69, 9.17) is 5.73 Å². The molecule has 0 unspecified atom stereocenters. The van der Waals surface area contributed by atoms with Gasteiger partial charge in [0, 0.05) is 25.7 Å². The van der Waals surface area contributed by atoms with Crippen molar-refractivity contribution < 1.29 is 4.79 Å². The Morgan fingerprint density at radius 2 is 2.00 bits per heavy atom. The number of hydrogen-bond acceptors (Lipinski definition) is 2. The number of nitrogen functional groups attached to an aromatic ring is 1. The van der Waals surface area contributed by atoms with Crippen LogP contribution >= 0.6 is 0 Å². The van der Waals surface area contributed by atoms with Crippen LogP contribution in [0.5, 0.6) is 0 Å². The first-order chi connectivity index (χ1) is 8.50. The van der Waals surface area contributed by atoms with Crippen LogP contribution in [0.4, 0.5) is 5.69 Å². The maximum atomic E-state index is 11.9. The van der Waals surface area contributed by atoms with Crippen molar-refractivity contribution in [3.8, 4) is 0 Å². The summed E-state index contributed by atoms with van der Waals surface area (Å²) in [6.07, 6.45) is 2.30. The molecule has 100 valence electrons. The molecule has 0 bridgehead atoms. The maximum Gasteiger partial charge on any atom is 0.222 e. The molecule has 0 saturated heterocycles. The Bertz CT molecular complexity index is 388. The van der Waals surface area contributed by atoms with Crippen LogP contribution in [0.2, 0.25) is 0 Å². The number of aryl methyl sites for hydroxylation is 1. The number of hydrogen-bond donors (Lipinski definition) is 1. The lowest BCUT2D eigenvalue weighted by Gasteiger charge is -2.18. The summed E-state index contributed by atoms with van der Waals surface area (Å²) in [4.78, 5) is 13.7. The second-order valence-electron chi connectivity index (χ2n) is 5.20. The standard InChI is InChI=1S/C15H24N2O/c1-12(2)10-11-17(3)15(18)9-8-13-6-4-5-7-14(13)16/h4-7,12H,8-11,16H2,1-3H3. The zero-order valence-corrected chi connectivity index (χ0v) is 11.6. The van der Waals surface area contributed by atoms with Crippen LogP contribution in [-0.2, 0) is 11.2 Å². The topological polar surface area (TPSA) is 46.3 Å². The molecule has 0 radical (unpaired) electrons. The molecular formula is C15H24N2O. The molecule has 0 heterocycles. The van der Waals surface area contributed by atoms with Crippen molar-refractivity contribution >= 4 is 11.6 Å². The van der Waals surface area contributed by atoms with Crippen molar-refractivity contribution in [3.63, 3.8) is 0 Å². The third-order valence-corrected chi connectivity index (χ3v) is 3.13. The minimum atomic E-state index is 0.193. The van der Waals surface area contributed by atoms with Gasteiger partial charge in [0.2, 0.25) is 5.91 Å². The van der Waals surface area contributed by atoms with Gasteiger partial charge in [0.25, 0.3) is 0 Å². The SMILES string of the molecule is CC(C)CCN(C)C(=O)CCc1ccccc1N. The summed E-state index contributed by atoms with van der Waals surface area (Å²) in [5, 5.41) is 0. The summed E-state index contributed by atoms with van der Waals surface area (Å²) in [5.74, 6) is 0.823. The normalized spacial score (nSPS) is 10.7. The van der Waals surface area contributed by atoms with E-state index in [1.54, 1.807) is 0 Å². The second-order valence-corrected chi connectivity index (χ2v) is 5.20. The molecule has 0 aliphatic carbocycles. The number of para-hydroxylation sites is 1. The Kier molecular flexibility index (Phi) is 5.69. The van der Waals surface area contributed by atoms with Crippen molar-refractivity contribution in [2.24, 2.45) is 5.92 Å². The summed E-state index contributed by atoms with van der Waals surface area (Å²) in [5.41, 5.74) is 7.69. The van der Waals surface area contributed by atoms with Gasteiger partial charge in [0.15, 0.2) is 0 Å². The van der Waals surface area contributed by atoms with Crippen LogP contribution < -0.4 is 5.73 Å². The van der Waals surface area contributed by atoms with E-state index in [0.717, 1.165) is 30.6 Å². The first-order valence-corrected chi connectivity index (χ1v) is 6.58. The van der Waals surface area contributed by atoms with E-state index >= 15 is 0 Å². The van der Waals surface area contributed by atoms with Crippen LogP contribution in [0.25, 0.3) is 0 Å². The highest BCUT2D eigenvalue weighted by atomic mass is 16.2. The Labute approximate surface area is 110 Å². The molecule has 0 saturated carbocycles. The van der Waals surface area contributed by atoms with E-state index < -0.39 is 0 Å². The summed E-state index contributed by atoms with van der Waals surface area (Å²) < 4.78 is 0. The van der Waals surface area contributed by atoms with E-state index in [2.05, 4.69) is 13.8 Å². The predicted octanol–water partition coefficient (Wildman–Crippen LogP) is 2.71. The van der Waals surface area contributed by atoms with Crippen molar-refractivity contribution in [1.29, 1.82) is 0 Å². The quantitative estimate of drug-likeness (QED) is 0.787. The minimum absolute atomic E-state index is 0.193. The van der Waals surface area contributed by atoms with Crippen LogP contribution in [0.1, 0.15) is 32.3 Å². The molecule has 1 aromatic rings. The van der Waals surface area contributed by atoms with Gasteiger partial charge >= 0.3 is 0 Å². The van der Waals surface area contributed by atoms with Crippen LogP contribution in [-0.4, -0.2) is 24.4 Å². The van der Waals surface area contributed by atoms with E-state index in [-0.39, 0.29) is 5.91 Å². The van der Waals surface area contributed by atoms with Gasteiger partial charge in [-0.2, -0.15) is 0 Å². The number of carbonyl (C=O) groups is 1. The molecule has 1 aromatic carbocycles. The first kappa shape index (κ1) is 14.6. The zero-order chi connectivity index (χ0) is 13.5. The lowest BCUT2D eigenvalue weighted by molar-refractivity contribution is -0.130. The highest BCUT2D eigenvalue weighted by Crippen LogP contribution is 2.13. The number of rotatable bonds is 6. The molecular weight excluding hydrogens is 224 g/mol. The summed E-state index contributed by atoms with van der Waals surface area (Å²) in [6, 6.07) is 7.73. The lowest BCUT2D eigenvalue weighted by Crippen LogP contribution is -2.28. The van der Waals surface area contributed by atoms with Crippen molar-refractivity contribution in [2.75, 3.05) is 19.3 Å². The largest absolute Gasteiger partial charge is 0.399 e. The Morgan fingerprint density at radius 1 is 1.33 bits per heavy atom. The lowest BCUT2D eigenvalue weighted by atomic mass is 10.1. The molecule has 0 spiro atoms. The van der Waals surface area contributed by atoms with Gasteiger partial charge in [-0.15, -0.1) is 0 Å². The summed E-state index contributed by atoms with van der Waals surface area (Å²) in [7, 11) is 1.87. The Balaban J connectivity index is 2.39. The van der Waals surface area contributed by atoms with Crippen molar-refractivity contribution in [3.05, 3.63) is 29.8 Å². The Morgan fingerprint density at radius 3 is 2.61 bits per heavy atom. The van der Waals surface area contributed by atoms with Gasteiger partial charge in [-0.05, 0) is 30.4 Å². The number of carbonyl (C=O) groups excluding carboxylic acids is 1. The number of nitrogens with two attached hydrogens (primary N) is 1. The fourth-order valence-electron chi connectivity index (χ4n) is 1.77. The van der Waals surface area contributed by atoms with E-state index in [1.807, 2.05) is 36.2 Å². The average Bonchev–Trinajstić information content (AvgIpc) is 2.34. The Hall–Kier alpha value is -1.51. The number of benzene rings is 1. The van der Waals surface area contributed by atoms with Gasteiger partial charge in [-0.25, -0.2) is 0 Å². The minimum Gasteiger partial charge on any atom is -0.399 e. The van der Waals surface area contributed by atoms with Crippen LogP contribution in [0.15, 0.2) is 24.3 Å². The molecule has 2 N–H and O–H groups in total. The maximum absolute atomic E-state index is 11.9. The van der Waals surface area contributed by atoms with Crippen molar-refractivity contribution in [1.82, 2.24) is 4.90 Å². The third-order valence-electron chi connectivity index (χ3n) is 3.13. The summed E-state index contributed by atoms with van der Waals surface area (Å²) >= 11 is 0. The fraction of sp³-hybridized carbons (Fsp3) is 0.533. The van der Waals surface area contributed by atoms with E-state index in [1.165, 1.54) is 0 Å². The molecule has 0 aliphatic heterocycles. The highest BCUT2D eigenvalue weighted by Gasteiger charge is 2.10. The highest BCUT2D eigenvalue weighted by molar-refractivity contribution is 5.76. The average molecular weight is 248 g/mol. The molecule has 0 aliphatic rings. The smallest absolute Gasteiger partial charge is 0.222 e. The number of anilines is 1. The summed E-state index contributed by atoms with van der Waals surface area (Å²) in [6.45, 7) is 5.17. The molecule has 18 heavy (non-hydrogen) atoms. The molecule has 0 aromatic heterocycles. The second kappa shape index (κ2) is 7.04. The van der Waals surface area contributed by atoms with Gasteiger partial charge < -0.3 is 10.6 Å². The van der Waals surface area contributed by atoms with Gasteiger partial charge in [-0.3, -0.25) is 4.79 Å². The molecule has 3 heteroatoms. The fourth-order valence-corrected chi connectivity index (χ4v) is 1.77. The van der Waals surface area contributed by atoms with Crippen molar-refractivity contribution in [2.45, 2.75) is 33.1 Å². The van der Waals surface area contributed by atoms with Crippen LogP contribution in [0.3, 0.4) is 0 Å². The van der Waals surface area contributed by atoms with E-state index in [9.17, 15) is 4.79 Å². The zero-order valence-electron chi connectivity index (χ0n) is 11.6. The van der Waals surface area contributed by atoms with E-state index in [0.29, 0.717) is 12.3 Å². The van der Waals surface area contributed by atoms with Crippen LogP contribution in [0, 0.1) is 5.92 Å². The molecule has 0 atom stereocenters. The van der Waals surface area contributed by atoms with Gasteiger partial charge in [0.05, 0.1) is 0 Å². The van der Waals surface area contributed by atoms with Gasteiger partial charge in [-0.1, -0.05) is 32.0 Å². The predicted molar refractivity (Wildman–Crippen MR) is 76.3 cm³/mol. The molecule has 3 nitrogen and oxygen atoms in total. The number of nitrogens with zero attached hydrogens (tertiary/aromatic N) is 1. The third kappa shape index (κ3) is 4.78. The molecule has 0 fully saturated rings.